The Morgan fingerprint density at radius 1 is 1.23 bits per heavy atom. The Morgan fingerprint density at radius 3 is 2.45 bits per heavy atom. The maximum Gasteiger partial charge on any atom is 0.191 e. The number of guanidine groups is 1. The summed E-state index contributed by atoms with van der Waals surface area (Å²) >= 11 is 0. The molecule has 1 rings (SSSR count). The van der Waals surface area contributed by atoms with Gasteiger partial charge in [0.15, 0.2) is 5.96 Å². The molecule has 2 N–H and O–H groups in total. The molecular formula is C17H28FN3O. The van der Waals surface area contributed by atoms with Crippen molar-refractivity contribution in [3.8, 4) is 0 Å². The number of benzene rings is 1. The largest absolute Gasteiger partial charge is 0.378 e. The van der Waals surface area contributed by atoms with Crippen molar-refractivity contribution < 1.29 is 9.13 Å². The first-order valence-electron chi connectivity index (χ1n) is 7.87. The molecule has 1 unspecified atom stereocenters. The molecule has 1 aromatic rings. The quantitative estimate of drug-likeness (QED) is 0.573. The van der Waals surface area contributed by atoms with Crippen LogP contribution in [0.2, 0.25) is 0 Å². The highest BCUT2D eigenvalue weighted by molar-refractivity contribution is 5.79. The van der Waals surface area contributed by atoms with Gasteiger partial charge < -0.3 is 15.4 Å². The van der Waals surface area contributed by atoms with Gasteiger partial charge in [-0.25, -0.2) is 4.39 Å². The molecule has 4 nitrogen and oxygen atoms in total. The SMILES string of the molecule is CCOC(CCNC(=NC)NCc1ccc(F)cc1)C(C)C. The number of ether oxygens (including phenoxy) is 1. The molecule has 0 aliphatic rings. The molecule has 0 spiro atoms. The van der Waals surface area contributed by atoms with E-state index in [2.05, 4.69) is 29.5 Å². The van der Waals surface area contributed by atoms with Gasteiger partial charge in [-0.1, -0.05) is 26.0 Å². The lowest BCUT2D eigenvalue weighted by molar-refractivity contribution is 0.0258. The third kappa shape index (κ3) is 6.89. The lowest BCUT2D eigenvalue weighted by atomic mass is 10.0. The number of nitrogens with zero attached hydrogens (tertiary/aromatic N) is 1. The summed E-state index contributed by atoms with van der Waals surface area (Å²) in [6.45, 7) is 8.50. The molecular weight excluding hydrogens is 281 g/mol. The summed E-state index contributed by atoms with van der Waals surface area (Å²) in [5.41, 5.74) is 1.01. The van der Waals surface area contributed by atoms with Gasteiger partial charge in [-0.2, -0.15) is 0 Å². The summed E-state index contributed by atoms with van der Waals surface area (Å²) < 4.78 is 18.6. The number of hydrogen-bond donors (Lipinski definition) is 2. The van der Waals surface area contributed by atoms with Crippen molar-refractivity contribution >= 4 is 5.96 Å². The molecule has 0 aliphatic carbocycles. The van der Waals surface area contributed by atoms with Crippen molar-refractivity contribution in [2.75, 3.05) is 20.2 Å². The van der Waals surface area contributed by atoms with E-state index in [9.17, 15) is 4.39 Å². The predicted molar refractivity (Wildman–Crippen MR) is 89.5 cm³/mol. The highest BCUT2D eigenvalue weighted by Gasteiger charge is 2.12. The van der Waals surface area contributed by atoms with Gasteiger partial charge in [0.05, 0.1) is 6.10 Å². The van der Waals surface area contributed by atoms with E-state index in [4.69, 9.17) is 4.74 Å². The molecule has 5 heteroatoms. The van der Waals surface area contributed by atoms with E-state index >= 15 is 0 Å². The molecule has 0 bridgehead atoms. The molecule has 0 amide bonds. The van der Waals surface area contributed by atoms with Crippen molar-refractivity contribution in [3.05, 3.63) is 35.6 Å². The summed E-state index contributed by atoms with van der Waals surface area (Å²) in [6, 6.07) is 6.45. The number of hydrogen-bond acceptors (Lipinski definition) is 2. The van der Waals surface area contributed by atoms with Crippen molar-refractivity contribution in [2.24, 2.45) is 10.9 Å². The van der Waals surface area contributed by atoms with Crippen LogP contribution in [0.15, 0.2) is 29.3 Å². The molecule has 1 aromatic carbocycles. The predicted octanol–water partition coefficient (Wildman–Crippen LogP) is 2.94. The smallest absolute Gasteiger partial charge is 0.191 e. The third-order valence-electron chi connectivity index (χ3n) is 3.44. The zero-order valence-corrected chi connectivity index (χ0v) is 14.0. The van der Waals surface area contributed by atoms with Gasteiger partial charge >= 0.3 is 0 Å². The van der Waals surface area contributed by atoms with Gasteiger partial charge in [-0.05, 0) is 37.0 Å². The minimum Gasteiger partial charge on any atom is -0.378 e. The van der Waals surface area contributed by atoms with Gasteiger partial charge in [0, 0.05) is 26.7 Å². The molecule has 0 heterocycles. The Hall–Kier alpha value is -1.62. The van der Waals surface area contributed by atoms with Crippen LogP contribution in [0.4, 0.5) is 4.39 Å². The maximum absolute atomic E-state index is 12.9. The molecule has 1 atom stereocenters. The Labute approximate surface area is 133 Å². The summed E-state index contributed by atoms with van der Waals surface area (Å²) in [5.74, 6) is 1.01. The normalized spacial score (nSPS) is 13.3. The van der Waals surface area contributed by atoms with E-state index in [1.54, 1.807) is 19.2 Å². The first kappa shape index (κ1) is 18.4. The number of nitrogens with one attached hydrogen (secondary N) is 2. The summed E-state index contributed by atoms with van der Waals surface area (Å²) in [7, 11) is 1.74. The van der Waals surface area contributed by atoms with Gasteiger partial charge in [0.25, 0.3) is 0 Å². The van der Waals surface area contributed by atoms with E-state index in [1.165, 1.54) is 12.1 Å². The Bertz CT molecular complexity index is 446. The summed E-state index contributed by atoms with van der Waals surface area (Å²) in [5, 5.41) is 6.50. The highest BCUT2D eigenvalue weighted by atomic mass is 19.1. The van der Waals surface area contributed by atoms with Crippen LogP contribution in [0.5, 0.6) is 0 Å². The van der Waals surface area contributed by atoms with Crippen molar-refractivity contribution in [3.63, 3.8) is 0 Å². The van der Waals surface area contributed by atoms with Gasteiger partial charge in [0.2, 0.25) is 0 Å². The Balaban J connectivity index is 2.34. The maximum atomic E-state index is 12.9. The van der Waals surface area contributed by atoms with Crippen molar-refractivity contribution in [1.82, 2.24) is 10.6 Å². The van der Waals surface area contributed by atoms with Crippen LogP contribution in [-0.2, 0) is 11.3 Å². The molecule has 0 saturated heterocycles. The van der Waals surface area contributed by atoms with Crippen molar-refractivity contribution in [2.45, 2.75) is 39.8 Å². The fraction of sp³-hybridized carbons (Fsp3) is 0.588. The first-order valence-corrected chi connectivity index (χ1v) is 7.87. The van der Waals surface area contributed by atoms with Crippen LogP contribution in [0.3, 0.4) is 0 Å². The van der Waals surface area contributed by atoms with Gasteiger partial charge in [-0.15, -0.1) is 0 Å². The van der Waals surface area contributed by atoms with Crippen LogP contribution < -0.4 is 10.6 Å². The second kappa shape index (κ2) is 10.2. The van der Waals surface area contributed by atoms with E-state index in [-0.39, 0.29) is 11.9 Å². The molecule has 22 heavy (non-hydrogen) atoms. The minimum absolute atomic E-state index is 0.220. The van der Waals surface area contributed by atoms with Gasteiger partial charge in [-0.3, -0.25) is 4.99 Å². The van der Waals surface area contributed by atoms with E-state index < -0.39 is 0 Å². The zero-order valence-electron chi connectivity index (χ0n) is 14.0. The van der Waals surface area contributed by atoms with Crippen LogP contribution in [0.25, 0.3) is 0 Å². The average molecular weight is 309 g/mol. The first-order chi connectivity index (χ1) is 10.6. The lowest BCUT2D eigenvalue weighted by Gasteiger charge is -2.21. The third-order valence-corrected chi connectivity index (χ3v) is 3.44. The molecule has 124 valence electrons. The van der Waals surface area contributed by atoms with Crippen LogP contribution in [0.1, 0.15) is 32.8 Å². The zero-order chi connectivity index (χ0) is 16.4. The Morgan fingerprint density at radius 2 is 1.91 bits per heavy atom. The van der Waals surface area contributed by atoms with Crippen LogP contribution in [-0.4, -0.2) is 32.3 Å². The fourth-order valence-corrected chi connectivity index (χ4v) is 2.16. The molecule has 0 saturated carbocycles. The minimum atomic E-state index is -0.220. The average Bonchev–Trinajstić information content (AvgIpc) is 2.51. The van der Waals surface area contributed by atoms with Crippen LogP contribution in [0, 0.1) is 11.7 Å². The van der Waals surface area contributed by atoms with Gasteiger partial charge in [0.1, 0.15) is 5.82 Å². The summed E-state index contributed by atoms with van der Waals surface area (Å²) in [4.78, 5) is 4.19. The topological polar surface area (TPSA) is 45.6 Å². The standard InChI is InChI=1S/C17H28FN3O/c1-5-22-16(13(2)3)10-11-20-17(19-4)21-12-14-6-8-15(18)9-7-14/h6-9,13,16H,5,10-12H2,1-4H3,(H2,19,20,21). The highest BCUT2D eigenvalue weighted by Crippen LogP contribution is 2.09. The number of aliphatic imine (C=N–C) groups is 1. The van der Waals surface area contributed by atoms with Crippen molar-refractivity contribution in [1.29, 1.82) is 0 Å². The van der Waals surface area contributed by atoms with Crippen LogP contribution >= 0.6 is 0 Å². The monoisotopic (exact) mass is 309 g/mol. The fourth-order valence-electron chi connectivity index (χ4n) is 2.16. The summed E-state index contributed by atoms with van der Waals surface area (Å²) in [6.07, 6.45) is 1.19. The van der Waals surface area contributed by atoms with E-state index in [1.807, 2.05) is 6.92 Å². The molecule has 0 aliphatic heterocycles. The number of rotatable bonds is 8. The van der Waals surface area contributed by atoms with E-state index in [0.29, 0.717) is 12.5 Å². The molecule has 0 fully saturated rings. The second-order valence-corrected chi connectivity index (χ2v) is 5.51. The number of halogens is 1. The second-order valence-electron chi connectivity index (χ2n) is 5.51. The molecule has 0 radical (unpaired) electrons. The Kier molecular flexibility index (Phi) is 8.51. The van der Waals surface area contributed by atoms with E-state index in [0.717, 1.165) is 31.1 Å². The lowest BCUT2D eigenvalue weighted by Crippen LogP contribution is -2.38. The molecule has 0 aromatic heterocycles.